The second-order valence-electron chi connectivity index (χ2n) is 4.38. The van der Waals surface area contributed by atoms with Gasteiger partial charge in [0.15, 0.2) is 0 Å². The van der Waals surface area contributed by atoms with E-state index in [9.17, 15) is 0 Å². The molecule has 0 radical (unpaired) electrons. The van der Waals surface area contributed by atoms with Crippen LogP contribution in [0.2, 0.25) is 0 Å². The molecule has 0 aliphatic heterocycles. The maximum atomic E-state index is 5.40. The molecule has 1 atom stereocenters. The van der Waals surface area contributed by atoms with E-state index in [0.29, 0.717) is 11.5 Å². The highest BCUT2D eigenvalue weighted by molar-refractivity contribution is 4.99. The minimum absolute atomic E-state index is 0.461. The Labute approximate surface area is 82.3 Å². The van der Waals surface area contributed by atoms with E-state index in [-0.39, 0.29) is 0 Å². The third-order valence-corrected chi connectivity index (χ3v) is 3.36. The van der Waals surface area contributed by atoms with Crippen LogP contribution < -0.4 is 5.32 Å². The van der Waals surface area contributed by atoms with Gasteiger partial charge in [0, 0.05) is 12.5 Å². The Morgan fingerprint density at radius 2 is 2.08 bits per heavy atom. The molecule has 0 saturated heterocycles. The standard InChI is InChI=1S/C12H21N/c1-4-8-11(13-5-2)12(3)9-6-7-10-12/h1,11,13H,5-10H2,2-3H3. The molecule has 1 aliphatic carbocycles. The van der Waals surface area contributed by atoms with Gasteiger partial charge in [0.25, 0.3) is 0 Å². The third kappa shape index (κ3) is 2.48. The van der Waals surface area contributed by atoms with Crippen molar-refractivity contribution in [1.29, 1.82) is 0 Å². The van der Waals surface area contributed by atoms with Gasteiger partial charge in [0.05, 0.1) is 0 Å². The molecule has 1 saturated carbocycles. The number of hydrogen-bond acceptors (Lipinski definition) is 1. The SMILES string of the molecule is C#CCC(NCC)C1(C)CCCC1. The summed E-state index contributed by atoms with van der Waals surface area (Å²) < 4.78 is 0. The zero-order chi connectivity index (χ0) is 9.73. The van der Waals surface area contributed by atoms with Crippen LogP contribution in [0.15, 0.2) is 0 Å². The zero-order valence-corrected chi connectivity index (χ0v) is 8.90. The number of nitrogens with one attached hydrogen (secondary N) is 1. The molecule has 1 rings (SSSR count). The van der Waals surface area contributed by atoms with E-state index in [0.717, 1.165) is 13.0 Å². The summed E-state index contributed by atoms with van der Waals surface area (Å²) in [6.07, 6.45) is 11.7. The monoisotopic (exact) mass is 179 g/mol. The van der Waals surface area contributed by atoms with Gasteiger partial charge in [-0.1, -0.05) is 26.7 Å². The first kappa shape index (κ1) is 10.6. The third-order valence-electron chi connectivity index (χ3n) is 3.36. The van der Waals surface area contributed by atoms with Gasteiger partial charge < -0.3 is 5.32 Å². The van der Waals surface area contributed by atoms with Crippen LogP contribution in [-0.2, 0) is 0 Å². The Balaban J connectivity index is 2.56. The van der Waals surface area contributed by atoms with E-state index in [4.69, 9.17) is 6.42 Å². The average molecular weight is 179 g/mol. The molecule has 13 heavy (non-hydrogen) atoms. The fourth-order valence-electron chi connectivity index (χ4n) is 2.46. The Kier molecular flexibility index (Phi) is 3.81. The lowest BCUT2D eigenvalue weighted by Crippen LogP contribution is -2.41. The van der Waals surface area contributed by atoms with Crippen molar-refractivity contribution in [2.24, 2.45) is 5.41 Å². The summed E-state index contributed by atoms with van der Waals surface area (Å²) in [6.45, 7) is 5.56. The fourth-order valence-corrected chi connectivity index (χ4v) is 2.46. The lowest BCUT2D eigenvalue weighted by Gasteiger charge is -2.33. The van der Waals surface area contributed by atoms with E-state index in [1.807, 2.05) is 0 Å². The number of rotatable bonds is 4. The predicted octanol–water partition coefficient (Wildman–Crippen LogP) is 2.57. The molecule has 1 fully saturated rings. The fraction of sp³-hybridized carbons (Fsp3) is 0.833. The van der Waals surface area contributed by atoms with Crippen LogP contribution in [0.3, 0.4) is 0 Å². The van der Waals surface area contributed by atoms with Gasteiger partial charge >= 0.3 is 0 Å². The van der Waals surface area contributed by atoms with Crippen LogP contribution in [0, 0.1) is 17.8 Å². The van der Waals surface area contributed by atoms with E-state index in [1.165, 1.54) is 25.7 Å². The van der Waals surface area contributed by atoms with Crippen molar-refractivity contribution < 1.29 is 0 Å². The van der Waals surface area contributed by atoms with Crippen LogP contribution in [0.4, 0.5) is 0 Å². The molecule has 0 aromatic rings. The first-order chi connectivity index (χ1) is 6.23. The van der Waals surface area contributed by atoms with Crippen LogP contribution >= 0.6 is 0 Å². The Morgan fingerprint density at radius 3 is 2.54 bits per heavy atom. The van der Waals surface area contributed by atoms with E-state index in [2.05, 4.69) is 25.1 Å². The molecule has 0 heterocycles. The maximum absolute atomic E-state index is 5.40. The van der Waals surface area contributed by atoms with Crippen molar-refractivity contribution in [2.45, 2.75) is 52.0 Å². The highest BCUT2D eigenvalue weighted by atomic mass is 14.9. The molecule has 0 bridgehead atoms. The van der Waals surface area contributed by atoms with E-state index in [1.54, 1.807) is 0 Å². The molecule has 0 amide bonds. The van der Waals surface area contributed by atoms with Crippen molar-refractivity contribution in [1.82, 2.24) is 5.32 Å². The molecule has 0 aromatic carbocycles. The van der Waals surface area contributed by atoms with Gasteiger partial charge in [-0.2, -0.15) is 0 Å². The summed E-state index contributed by atoms with van der Waals surface area (Å²) in [5, 5.41) is 3.52. The zero-order valence-electron chi connectivity index (χ0n) is 8.90. The minimum Gasteiger partial charge on any atom is -0.313 e. The molecule has 0 aromatic heterocycles. The summed E-state index contributed by atoms with van der Waals surface area (Å²) in [5.41, 5.74) is 0.461. The van der Waals surface area contributed by atoms with Gasteiger partial charge in [-0.05, 0) is 24.8 Å². The molecular weight excluding hydrogens is 158 g/mol. The summed E-state index contributed by atoms with van der Waals surface area (Å²) in [6, 6.07) is 0.532. The molecule has 1 unspecified atom stereocenters. The molecule has 0 spiro atoms. The predicted molar refractivity (Wildman–Crippen MR) is 57.5 cm³/mol. The second kappa shape index (κ2) is 4.67. The quantitative estimate of drug-likeness (QED) is 0.654. The topological polar surface area (TPSA) is 12.0 Å². The lowest BCUT2D eigenvalue weighted by molar-refractivity contribution is 0.226. The van der Waals surface area contributed by atoms with E-state index < -0.39 is 0 Å². The highest BCUT2D eigenvalue weighted by Crippen LogP contribution is 2.41. The van der Waals surface area contributed by atoms with Crippen molar-refractivity contribution in [3.05, 3.63) is 0 Å². The maximum Gasteiger partial charge on any atom is 0.0246 e. The average Bonchev–Trinajstić information content (AvgIpc) is 2.53. The molecule has 74 valence electrons. The summed E-state index contributed by atoms with van der Waals surface area (Å²) in [5.74, 6) is 2.79. The normalized spacial score (nSPS) is 22.5. The van der Waals surface area contributed by atoms with Crippen LogP contribution in [0.5, 0.6) is 0 Å². The highest BCUT2D eigenvalue weighted by Gasteiger charge is 2.35. The minimum atomic E-state index is 0.461. The van der Waals surface area contributed by atoms with Gasteiger partial charge in [-0.3, -0.25) is 0 Å². The van der Waals surface area contributed by atoms with Crippen molar-refractivity contribution in [3.8, 4) is 12.3 Å². The van der Waals surface area contributed by atoms with Gasteiger partial charge in [0.2, 0.25) is 0 Å². The summed E-state index contributed by atoms with van der Waals surface area (Å²) >= 11 is 0. The van der Waals surface area contributed by atoms with Crippen LogP contribution in [-0.4, -0.2) is 12.6 Å². The van der Waals surface area contributed by atoms with Crippen LogP contribution in [0.1, 0.15) is 46.0 Å². The number of terminal acetylenes is 1. The van der Waals surface area contributed by atoms with Crippen molar-refractivity contribution in [3.63, 3.8) is 0 Å². The number of hydrogen-bond donors (Lipinski definition) is 1. The summed E-state index contributed by atoms with van der Waals surface area (Å²) in [4.78, 5) is 0. The second-order valence-corrected chi connectivity index (χ2v) is 4.38. The molecule has 1 aliphatic rings. The smallest absolute Gasteiger partial charge is 0.0246 e. The van der Waals surface area contributed by atoms with Gasteiger partial charge in [-0.25, -0.2) is 0 Å². The van der Waals surface area contributed by atoms with Crippen LogP contribution in [0.25, 0.3) is 0 Å². The summed E-state index contributed by atoms with van der Waals surface area (Å²) in [7, 11) is 0. The van der Waals surface area contributed by atoms with Gasteiger partial charge in [0.1, 0.15) is 0 Å². The first-order valence-electron chi connectivity index (χ1n) is 5.40. The van der Waals surface area contributed by atoms with Gasteiger partial charge in [-0.15, -0.1) is 12.3 Å². The Hall–Kier alpha value is -0.480. The molecule has 1 N–H and O–H groups in total. The lowest BCUT2D eigenvalue weighted by atomic mass is 9.79. The Morgan fingerprint density at radius 1 is 1.46 bits per heavy atom. The molecule has 1 heteroatoms. The first-order valence-corrected chi connectivity index (χ1v) is 5.40. The Bertz CT molecular complexity index is 184. The largest absolute Gasteiger partial charge is 0.313 e. The van der Waals surface area contributed by atoms with E-state index >= 15 is 0 Å². The van der Waals surface area contributed by atoms with Crippen molar-refractivity contribution >= 4 is 0 Å². The van der Waals surface area contributed by atoms with Crippen molar-refractivity contribution in [2.75, 3.05) is 6.54 Å². The molecule has 1 nitrogen and oxygen atoms in total. The molecular formula is C12H21N.